The Bertz CT molecular complexity index is 1210. The van der Waals surface area contributed by atoms with Gasteiger partial charge in [0.2, 0.25) is 0 Å². The molecule has 0 bridgehead atoms. The van der Waals surface area contributed by atoms with Crippen LogP contribution in [0.3, 0.4) is 0 Å². The number of aromatic nitrogens is 5. The fourth-order valence-electron chi connectivity index (χ4n) is 3.34. The number of likely N-dealkylation sites (N-methyl/N-ethyl adjacent to an activating group) is 1. The Balaban J connectivity index is 1.50. The van der Waals surface area contributed by atoms with Gasteiger partial charge in [-0.25, -0.2) is 15.0 Å². The smallest absolute Gasteiger partial charge is 0.186 e. The van der Waals surface area contributed by atoms with Crippen molar-refractivity contribution in [3.05, 3.63) is 53.9 Å². The molecule has 4 aromatic rings. The van der Waals surface area contributed by atoms with Gasteiger partial charge >= 0.3 is 0 Å². The molecule has 9 nitrogen and oxygen atoms in total. The SMILES string of the molecule is Cc1ccnc(SNc2ccc(-c3nc(NCCN(C)CCO)c4c(C)[nH]nc4n3)cc2)c1. The van der Waals surface area contributed by atoms with E-state index in [0.717, 1.165) is 39.7 Å². The average molecular weight is 465 g/mol. The maximum absolute atomic E-state index is 9.08. The number of anilines is 2. The van der Waals surface area contributed by atoms with Crippen LogP contribution in [0.5, 0.6) is 0 Å². The summed E-state index contributed by atoms with van der Waals surface area (Å²) in [5, 5.41) is 21.7. The van der Waals surface area contributed by atoms with Crippen LogP contribution in [0, 0.1) is 13.8 Å². The lowest BCUT2D eigenvalue weighted by atomic mass is 10.2. The molecule has 3 heterocycles. The van der Waals surface area contributed by atoms with Crippen LogP contribution < -0.4 is 10.0 Å². The van der Waals surface area contributed by atoms with Crippen molar-refractivity contribution >= 4 is 34.5 Å². The number of rotatable bonds is 10. The van der Waals surface area contributed by atoms with Crippen molar-refractivity contribution in [3.63, 3.8) is 0 Å². The Labute approximate surface area is 197 Å². The summed E-state index contributed by atoms with van der Waals surface area (Å²) in [4.78, 5) is 15.9. The summed E-state index contributed by atoms with van der Waals surface area (Å²) in [6.45, 7) is 6.27. The van der Waals surface area contributed by atoms with Gasteiger partial charge in [0, 0.05) is 54.7 Å². The quantitative estimate of drug-likeness (QED) is 0.262. The second kappa shape index (κ2) is 10.6. The molecule has 0 radical (unpaired) electrons. The fraction of sp³-hybridized carbons (Fsp3) is 0.304. The minimum absolute atomic E-state index is 0.143. The van der Waals surface area contributed by atoms with Gasteiger partial charge < -0.3 is 20.0 Å². The molecule has 0 spiro atoms. The monoisotopic (exact) mass is 464 g/mol. The number of aliphatic hydroxyl groups excluding tert-OH is 1. The highest BCUT2D eigenvalue weighted by Gasteiger charge is 2.14. The number of nitrogens with zero attached hydrogens (tertiary/aromatic N) is 5. The zero-order chi connectivity index (χ0) is 23.2. The van der Waals surface area contributed by atoms with Gasteiger partial charge in [-0.15, -0.1) is 0 Å². The van der Waals surface area contributed by atoms with Gasteiger partial charge in [-0.3, -0.25) is 5.10 Å². The number of aromatic amines is 1. The molecular formula is C23H28N8OS. The number of H-pyrrole nitrogens is 1. The molecule has 0 aliphatic rings. The van der Waals surface area contributed by atoms with Crippen LogP contribution in [0.15, 0.2) is 47.6 Å². The summed E-state index contributed by atoms with van der Waals surface area (Å²) < 4.78 is 3.32. The third kappa shape index (κ3) is 5.78. The van der Waals surface area contributed by atoms with Gasteiger partial charge in [0.05, 0.1) is 12.0 Å². The van der Waals surface area contributed by atoms with Crippen LogP contribution in [-0.4, -0.2) is 68.4 Å². The number of nitrogens with one attached hydrogen (secondary N) is 3. The molecule has 1 aromatic carbocycles. The van der Waals surface area contributed by atoms with E-state index in [2.05, 4.69) is 42.0 Å². The molecule has 0 fully saturated rings. The highest BCUT2D eigenvalue weighted by Crippen LogP contribution is 2.27. The third-order valence-electron chi connectivity index (χ3n) is 5.17. The number of benzene rings is 1. The van der Waals surface area contributed by atoms with Gasteiger partial charge in [0.25, 0.3) is 0 Å². The van der Waals surface area contributed by atoms with E-state index in [1.54, 1.807) is 0 Å². The molecule has 4 rings (SSSR count). The third-order valence-corrected chi connectivity index (χ3v) is 5.94. The molecule has 3 aromatic heterocycles. The zero-order valence-electron chi connectivity index (χ0n) is 19.0. The van der Waals surface area contributed by atoms with Crippen molar-refractivity contribution in [2.45, 2.75) is 18.9 Å². The van der Waals surface area contributed by atoms with E-state index in [9.17, 15) is 0 Å². The normalized spacial score (nSPS) is 11.3. The molecule has 0 saturated heterocycles. The van der Waals surface area contributed by atoms with Gasteiger partial charge in [-0.1, -0.05) is 0 Å². The van der Waals surface area contributed by atoms with Crippen molar-refractivity contribution in [1.29, 1.82) is 0 Å². The van der Waals surface area contributed by atoms with E-state index in [-0.39, 0.29) is 6.61 Å². The Hall–Kier alpha value is -3.21. The van der Waals surface area contributed by atoms with E-state index in [4.69, 9.17) is 10.1 Å². The molecule has 172 valence electrons. The molecule has 0 aliphatic heterocycles. The Morgan fingerprint density at radius 1 is 1.09 bits per heavy atom. The predicted octanol–water partition coefficient (Wildman–Crippen LogP) is 3.49. The van der Waals surface area contributed by atoms with Gasteiger partial charge in [-0.05, 0) is 62.9 Å². The second-order valence-electron chi connectivity index (χ2n) is 7.85. The summed E-state index contributed by atoms with van der Waals surface area (Å²) in [6, 6.07) is 12.0. The van der Waals surface area contributed by atoms with Crippen molar-refractivity contribution < 1.29 is 5.11 Å². The largest absolute Gasteiger partial charge is 0.395 e. The summed E-state index contributed by atoms with van der Waals surface area (Å²) >= 11 is 1.48. The first-order chi connectivity index (χ1) is 16.0. The Kier molecular flexibility index (Phi) is 7.38. The molecule has 0 aliphatic carbocycles. The number of fused-ring (bicyclic) bond motifs is 1. The number of aryl methyl sites for hydroxylation is 2. The summed E-state index contributed by atoms with van der Waals surface area (Å²) in [5.41, 5.74) is 4.60. The lowest BCUT2D eigenvalue weighted by molar-refractivity contribution is 0.225. The van der Waals surface area contributed by atoms with Crippen LogP contribution in [0.25, 0.3) is 22.4 Å². The predicted molar refractivity (Wildman–Crippen MR) is 133 cm³/mol. The van der Waals surface area contributed by atoms with E-state index in [0.29, 0.717) is 24.6 Å². The number of hydrogen-bond donors (Lipinski definition) is 4. The first kappa shape index (κ1) is 23.0. The molecule has 4 N–H and O–H groups in total. The van der Waals surface area contributed by atoms with Crippen LogP contribution in [0.1, 0.15) is 11.3 Å². The molecule has 0 atom stereocenters. The molecule has 0 amide bonds. The first-order valence-electron chi connectivity index (χ1n) is 10.8. The summed E-state index contributed by atoms with van der Waals surface area (Å²) in [6.07, 6.45) is 1.81. The molecule has 0 saturated carbocycles. The van der Waals surface area contributed by atoms with Crippen LogP contribution in [-0.2, 0) is 0 Å². The van der Waals surface area contributed by atoms with E-state index in [1.165, 1.54) is 17.5 Å². The number of hydrogen-bond acceptors (Lipinski definition) is 9. The summed E-state index contributed by atoms with van der Waals surface area (Å²) in [5.74, 6) is 1.36. The maximum atomic E-state index is 9.08. The Morgan fingerprint density at radius 2 is 1.91 bits per heavy atom. The highest BCUT2D eigenvalue weighted by atomic mass is 32.2. The van der Waals surface area contributed by atoms with Crippen molar-refractivity contribution in [2.75, 3.05) is 43.3 Å². The number of pyridine rings is 1. The lowest BCUT2D eigenvalue weighted by Crippen LogP contribution is -2.28. The molecule has 0 unspecified atom stereocenters. The van der Waals surface area contributed by atoms with Crippen molar-refractivity contribution in [3.8, 4) is 11.4 Å². The van der Waals surface area contributed by atoms with Gasteiger partial charge in [-0.2, -0.15) is 5.10 Å². The minimum atomic E-state index is 0.143. The van der Waals surface area contributed by atoms with Gasteiger partial charge in [0.1, 0.15) is 10.8 Å². The molecule has 10 heteroatoms. The number of aliphatic hydroxyl groups is 1. The Morgan fingerprint density at radius 3 is 2.67 bits per heavy atom. The van der Waals surface area contributed by atoms with Crippen molar-refractivity contribution in [2.24, 2.45) is 0 Å². The summed E-state index contributed by atoms with van der Waals surface area (Å²) in [7, 11) is 1.98. The molecular weight excluding hydrogens is 436 g/mol. The first-order valence-corrected chi connectivity index (χ1v) is 11.6. The van der Waals surface area contributed by atoms with Gasteiger partial charge in [0.15, 0.2) is 11.5 Å². The van der Waals surface area contributed by atoms with Crippen LogP contribution in [0.4, 0.5) is 11.5 Å². The van der Waals surface area contributed by atoms with E-state index in [1.807, 2.05) is 56.6 Å². The average Bonchev–Trinajstić information content (AvgIpc) is 3.19. The second-order valence-corrected chi connectivity index (χ2v) is 8.68. The standard InChI is InChI=1S/C23H28N8OS/c1-15-8-9-24-19(14-15)33-30-18-6-4-17(5-7-18)21-26-22(25-10-11-31(3)12-13-32)20-16(2)28-29-23(20)27-21/h4-9,14,30,32H,10-13H2,1-3H3,(H2,25,26,27,28,29). The lowest BCUT2D eigenvalue weighted by Gasteiger charge is -2.16. The van der Waals surface area contributed by atoms with Crippen molar-refractivity contribution in [1.82, 2.24) is 30.0 Å². The zero-order valence-corrected chi connectivity index (χ0v) is 19.8. The molecule has 33 heavy (non-hydrogen) atoms. The topological polar surface area (TPSA) is 115 Å². The minimum Gasteiger partial charge on any atom is -0.395 e. The van der Waals surface area contributed by atoms with Crippen LogP contribution in [0.2, 0.25) is 0 Å². The maximum Gasteiger partial charge on any atom is 0.186 e. The highest BCUT2D eigenvalue weighted by molar-refractivity contribution is 8.00. The van der Waals surface area contributed by atoms with E-state index >= 15 is 0 Å². The fourth-order valence-corrected chi connectivity index (χ4v) is 4.05. The van der Waals surface area contributed by atoms with Crippen LogP contribution >= 0.6 is 11.9 Å². The van der Waals surface area contributed by atoms with E-state index < -0.39 is 0 Å².